The van der Waals surface area contributed by atoms with Crippen molar-refractivity contribution in [2.45, 2.75) is 24.9 Å². The first-order valence-electron chi connectivity index (χ1n) is 7.46. The van der Waals surface area contributed by atoms with E-state index in [1.54, 1.807) is 6.08 Å². The lowest BCUT2D eigenvalue weighted by molar-refractivity contribution is -0.148. The van der Waals surface area contributed by atoms with Gasteiger partial charge in [-0.1, -0.05) is 6.08 Å². The monoisotopic (exact) mass is 332 g/mol. The summed E-state index contributed by atoms with van der Waals surface area (Å²) in [6.07, 6.45) is 1.88. The summed E-state index contributed by atoms with van der Waals surface area (Å²) in [4.78, 5) is 36.7. The van der Waals surface area contributed by atoms with Gasteiger partial charge in [-0.05, 0) is 31.0 Å². The number of hydrogen-bond acceptors (Lipinski definition) is 6. The van der Waals surface area contributed by atoms with E-state index in [2.05, 4.69) is 0 Å². The van der Waals surface area contributed by atoms with Gasteiger partial charge < -0.3 is 19.7 Å². The normalized spacial score (nSPS) is 25.5. The van der Waals surface area contributed by atoms with Crippen LogP contribution in [0.2, 0.25) is 0 Å². The standard InChI is InChI=1S/C17H16O7/c1-23-16(22)9-3-2-4-12(15(20)21)17(8-9)14(19)11-7-10(18)5-6-13(11)24-17/h3,5-7,12,18H,2,4,8H2,1H3,(H,20,21)/t12-,17-/m0/s1. The Morgan fingerprint density at radius 1 is 1.38 bits per heavy atom. The van der Waals surface area contributed by atoms with Crippen molar-refractivity contribution in [1.82, 2.24) is 0 Å². The summed E-state index contributed by atoms with van der Waals surface area (Å²) < 4.78 is 10.5. The van der Waals surface area contributed by atoms with Gasteiger partial charge >= 0.3 is 11.9 Å². The van der Waals surface area contributed by atoms with Gasteiger partial charge in [0.05, 0.1) is 12.7 Å². The molecule has 0 saturated heterocycles. The average molecular weight is 332 g/mol. The van der Waals surface area contributed by atoms with E-state index in [0.717, 1.165) is 0 Å². The predicted molar refractivity (Wildman–Crippen MR) is 80.9 cm³/mol. The summed E-state index contributed by atoms with van der Waals surface area (Å²) in [5.41, 5.74) is -1.38. The fraction of sp³-hybridized carbons (Fsp3) is 0.353. The zero-order chi connectivity index (χ0) is 17.5. The maximum absolute atomic E-state index is 13.0. The molecule has 126 valence electrons. The van der Waals surface area contributed by atoms with Crippen LogP contribution in [0.5, 0.6) is 11.5 Å². The number of aromatic hydroxyl groups is 1. The van der Waals surface area contributed by atoms with Crippen LogP contribution in [0, 0.1) is 5.92 Å². The molecule has 0 radical (unpaired) electrons. The lowest BCUT2D eigenvalue weighted by Gasteiger charge is -2.31. The van der Waals surface area contributed by atoms with E-state index in [1.165, 1.54) is 25.3 Å². The molecule has 2 aliphatic rings. The number of phenols is 1. The lowest BCUT2D eigenvalue weighted by atomic mass is 9.77. The number of carbonyl (C=O) groups excluding carboxylic acids is 2. The summed E-state index contributed by atoms with van der Waals surface area (Å²) in [6.45, 7) is 0. The highest BCUT2D eigenvalue weighted by atomic mass is 16.5. The van der Waals surface area contributed by atoms with Crippen LogP contribution in [-0.4, -0.2) is 40.6 Å². The highest BCUT2D eigenvalue weighted by Crippen LogP contribution is 2.46. The van der Waals surface area contributed by atoms with Crippen molar-refractivity contribution < 1.29 is 34.1 Å². The molecule has 7 nitrogen and oxygen atoms in total. The molecule has 0 saturated carbocycles. The lowest BCUT2D eigenvalue weighted by Crippen LogP contribution is -2.50. The van der Waals surface area contributed by atoms with Crippen LogP contribution < -0.4 is 4.74 Å². The Balaban J connectivity index is 2.10. The van der Waals surface area contributed by atoms with Crippen LogP contribution in [-0.2, 0) is 14.3 Å². The Hall–Kier alpha value is -2.83. The number of carbonyl (C=O) groups is 3. The molecular weight excluding hydrogens is 316 g/mol. The zero-order valence-electron chi connectivity index (χ0n) is 12.9. The van der Waals surface area contributed by atoms with Crippen molar-refractivity contribution in [1.29, 1.82) is 0 Å². The van der Waals surface area contributed by atoms with Gasteiger partial charge in [-0.3, -0.25) is 9.59 Å². The van der Waals surface area contributed by atoms with Crippen molar-refractivity contribution in [2.24, 2.45) is 5.92 Å². The van der Waals surface area contributed by atoms with Gasteiger partial charge in [0.25, 0.3) is 0 Å². The molecule has 1 spiro atoms. The molecule has 1 aliphatic heterocycles. The second kappa shape index (κ2) is 5.67. The van der Waals surface area contributed by atoms with Gasteiger partial charge in [-0.25, -0.2) is 4.79 Å². The minimum Gasteiger partial charge on any atom is -0.508 e. The van der Waals surface area contributed by atoms with Crippen molar-refractivity contribution >= 4 is 17.7 Å². The molecule has 7 heteroatoms. The van der Waals surface area contributed by atoms with Crippen LogP contribution in [0.15, 0.2) is 29.8 Å². The van der Waals surface area contributed by atoms with Crippen molar-refractivity contribution in [3.63, 3.8) is 0 Å². The third kappa shape index (κ3) is 2.33. The number of hydrogen-bond donors (Lipinski definition) is 2. The minimum absolute atomic E-state index is 0.118. The third-order valence-electron chi connectivity index (χ3n) is 4.49. The maximum atomic E-state index is 13.0. The van der Waals surface area contributed by atoms with E-state index < -0.39 is 29.2 Å². The minimum atomic E-state index is -1.71. The van der Waals surface area contributed by atoms with E-state index in [-0.39, 0.29) is 35.5 Å². The molecule has 0 bridgehead atoms. The number of rotatable bonds is 2. The highest BCUT2D eigenvalue weighted by molar-refractivity contribution is 6.10. The van der Waals surface area contributed by atoms with Gasteiger partial charge in [-0.15, -0.1) is 0 Å². The molecule has 1 aromatic rings. The van der Waals surface area contributed by atoms with Gasteiger partial charge in [0.15, 0.2) is 5.60 Å². The van der Waals surface area contributed by atoms with Gasteiger partial charge in [0, 0.05) is 12.0 Å². The number of esters is 1. The zero-order valence-corrected chi connectivity index (χ0v) is 12.9. The number of benzene rings is 1. The Bertz CT molecular complexity index is 764. The molecule has 0 unspecified atom stereocenters. The van der Waals surface area contributed by atoms with E-state index in [9.17, 15) is 24.6 Å². The quantitative estimate of drug-likeness (QED) is 0.793. The number of fused-ring (bicyclic) bond motifs is 1. The van der Waals surface area contributed by atoms with E-state index in [4.69, 9.17) is 9.47 Å². The van der Waals surface area contributed by atoms with E-state index in [1.807, 2.05) is 0 Å². The molecule has 0 aromatic heterocycles. The highest BCUT2D eigenvalue weighted by Gasteiger charge is 2.57. The number of carboxylic acids is 1. The Labute approximate surface area is 137 Å². The Kier molecular flexibility index (Phi) is 3.79. The first kappa shape index (κ1) is 16.0. The predicted octanol–water partition coefficient (Wildman–Crippen LogP) is 1.69. The third-order valence-corrected chi connectivity index (χ3v) is 4.49. The molecule has 1 heterocycles. The molecule has 1 aromatic carbocycles. The van der Waals surface area contributed by atoms with Crippen molar-refractivity contribution in [3.8, 4) is 11.5 Å². The number of aliphatic carboxylic acids is 1. The molecule has 2 N–H and O–H groups in total. The van der Waals surface area contributed by atoms with Crippen LogP contribution in [0.25, 0.3) is 0 Å². The van der Waals surface area contributed by atoms with Crippen LogP contribution in [0.4, 0.5) is 0 Å². The molecular formula is C17H16O7. The number of allylic oxidation sites excluding steroid dienone is 1. The molecule has 2 atom stereocenters. The number of phenolic OH excluding ortho intramolecular Hbond substituents is 1. The summed E-state index contributed by atoms with van der Waals surface area (Å²) in [7, 11) is 1.22. The maximum Gasteiger partial charge on any atom is 0.333 e. The van der Waals surface area contributed by atoms with Gasteiger partial charge in [0.2, 0.25) is 5.78 Å². The van der Waals surface area contributed by atoms with Crippen LogP contribution >= 0.6 is 0 Å². The largest absolute Gasteiger partial charge is 0.508 e. The first-order valence-corrected chi connectivity index (χ1v) is 7.46. The first-order chi connectivity index (χ1) is 11.4. The smallest absolute Gasteiger partial charge is 0.333 e. The molecule has 0 fully saturated rings. The van der Waals surface area contributed by atoms with E-state index >= 15 is 0 Å². The average Bonchev–Trinajstić information content (AvgIpc) is 2.72. The summed E-state index contributed by atoms with van der Waals surface area (Å²) in [5, 5.41) is 19.2. The van der Waals surface area contributed by atoms with E-state index in [0.29, 0.717) is 6.42 Å². The van der Waals surface area contributed by atoms with Crippen molar-refractivity contribution in [3.05, 3.63) is 35.4 Å². The molecule has 0 amide bonds. The van der Waals surface area contributed by atoms with Gasteiger partial charge in [-0.2, -0.15) is 0 Å². The summed E-state index contributed by atoms with van der Waals surface area (Å²) >= 11 is 0. The topological polar surface area (TPSA) is 110 Å². The summed E-state index contributed by atoms with van der Waals surface area (Å²) in [5.74, 6) is -3.35. The van der Waals surface area contributed by atoms with Crippen LogP contribution in [0.1, 0.15) is 29.6 Å². The Morgan fingerprint density at radius 2 is 2.12 bits per heavy atom. The summed E-state index contributed by atoms with van der Waals surface area (Å²) in [6, 6.07) is 4.02. The molecule has 24 heavy (non-hydrogen) atoms. The second-order valence-electron chi connectivity index (χ2n) is 5.87. The fourth-order valence-electron chi connectivity index (χ4n) is 3.35. The number of Topliss-reactive ketones (excluding diaryl/α,β-unsaturated/α-hetero) is 1. The Morgan fingerprint density at radius 3 is 2.79 bits per heavy atom. The number of ether oxygens (including phenoxy) is 2. The van der Waals surface area contributed by atoms with Crippen molar-refractivity contribution in [2.75, 3.05) is 7.11 Å². The number of methoxy groups -OCH3 is 1. The van der Waals surface area contributed by atoms with Gasteiger partial charge in [0.1, 0.15) is 17.4 Å². The number of ketones is 1. The molecule has 3 rings (SSSR count). The SMILES string of the molecule is COC(=O)C1=CCC[C@@H](C(=O)O)[C@]2(C1)Oc1ccc(O)cc1C2=O. The second-order valence-corrected chi connectivity index (χ2v) is 5.87. The molecule has 1 aliphatic carbocycles. The van der Waals surface area contributed by atoms with Crippen LogP contribution in [0.3, 0.4) is 0 Å². The number of carboxylic acid groups (broad SMARTS) is 1. The fourth-order valence-corrected chi connectivity index (χ4v) is 3.35.